The van der Waals surface area contributed by atoms with Gasteiger partial charge in [0.15, 0.2) is 0 Å². The number of rotatable bonds is 5. The Labute approximate surface area is 211 Å². The quantitative estimate of drug-likeness (QED) is 0.616. The number of anilines is 3. The van der Waals surface area contributed by atoms with Gasteiger partial charge in [-0.2, -0.15) is 0 Å². The molecule has 33 heavy (non-hydrogen) atoms. The maximum absolute atomic E-state index is 13.4. The van der Waals surface area contributed by atoms with Gasteiger partial charge in [0.05, 0.1) is 18.0 Å². The number of nitrogens with zero attached hydrogens (tertiary/aromatic N) is 3. The molecule has 0 saturated carbocycles. The molecule has 0 aliphatic carbocycles. The average Bonchev–Trinajstić information content (AvgIpc) is 2.77. The van der Waals surface area contributed by atoms with E-state index in [1.54, 1.807) is 23.6 Å². The highest BCUT2D eigenvalue weighted by atomic mass is 35.5. The second-order valence-corrected chi connectivity index (χ2v) is 8.81. The second kappa shape index (κ2) is 12.5. The van der Waals surface area contributed by atoms with Gasteiger partial charge in [0, 0.05) is 54.6 Å². The molecule has 180 valence electrons. The molecule has 4 rings (SSSR count). The number of hydrogen-bond acceptors (Lipinski definition) is 6. The number of nitrogens with one attached hydrogen (secondary N) is 1. The summed E-state index contributed by atoms with van der Waals surface area (Å²) < 4.78 is 4.99. The first-order valence-electron chi connectivity index (χ1n) is 10.6. The third kappa shape index (κ3) is 6.55. The van der Waals surface area contributed by atoms with Crippen LogP contribution in [0.15, 0.2) is 52.3 Å². The molecule has 0 bridgehead atoms. The van der Waals surface area contributed by atoms with E-state index in [-0.39, 0.29) is 30.7 Å². The molecule has 1 N–H and O–H groups in total. The Morgan fingerprint density at radius 3 is 2.42 bits per heavy atom. The van der Waals surface area contributed by atoms with E-state index in [9.17, 15) is 9.59 Å². The zero-order chi connectivity index (χ0) is 21.8. The van der Waals surface area contributed by atoms with Crippen molar-refractivity contribution >= 4 is 65.6 Å². The number of carbonyl (C=O) groups is 2. The number of piperazine rings is 1. The van der Waals surface area contributed by atoms with Crippen LogP contribution in [0.4, 0.5) is 21.9 Å². The van der Waals surface area contributed by atoms with Crippen molar-refractivity contribution < 1.29 is 14.3 Å². The second-order valence-electron chi connectivity index (χ2n) is 7.72. The fraction of sp³-hybridized carbons (Fsp3) is 0.391. The van der Waals surface area contributed by atoms with Crippen molar-refractivity contribution in [1.29, 1.82) is 0 Å². The van der Waals surface area contributed by atoms with Gasteiger partial charge in [0.2, 0.25) is 5.91 Å². The Kier molecular flexibility index (Phi) is 10.3. The molecule has 0 radical (unpaired) electrons. The Morgan fingerprint density at radius 2 is 1.70 bits per heavy atom. The lowest BCUT2D eigenvalue weighted by Crippen LogP contribution is -2.45. The largest absolute Gasteiger partial charge is 0.450 e. The lowest BCUT2D eigenvalue weighted by atomic mass is 10.1. The molecule has 0 spiro atoms. The van der Waals surface area contributed by atoms with Crippen LogP contribution < -0.4 is 10.2 Å². The molecular weight excluding hydrogens is 483 g/mol. The summed E-state index contributed by atoms with van der Waals surface area (Å²) in [5.74, 6) is 0.0567. The number of likely N-dealkylation sites (N-methyl/N-ethyl adjacent to an activating group) is 1. The molecule has 2 aromatic carbocycles. The molecule has 1 saturated heterocycles. The fourth-order valence-electron chi connectivity index (χ4n) is 3.82. The third-order valence-electron chi connectivity index (χ3n) is 5.53. The SMILES string of the molecule is CCOC(=O)Nc1ccc2c(c1)N(C(=O)CCN1CCN(C)CC1)c1ccccc1S2.Cl.Cl. The molecule has 2 aromatic rings. The summed E-state index contributed by atoms with van der Waals surface area (Å²) >= 11 is 1.63. The number of amides is 2. The van der Waals surface area contributed by atoms with Gasteiger partial charge in [0.1, 0.15) is 0 Å². The van der Waals surface area contributed by atoms with Gasteiger partial charge in [-0.05, 0) is 44.3 Å². The van der Waals surface area contributed by atoms with E-state index in [1.165, 1.54) is 0 Å². The summed E-state index contributed by atoms with van der Waals surface area (Å²) in [6, 6.07) is 13.6. The van der Waals surface area contributed by atoms with E-state index >= 15 is 0 Å². The molecule has 7 nitrogen and oxygen atoms in total. The van der Waals surface area contributed by atoms with Gasteiger partial charge in [-0.1, -0.05) is 23.9 Å². The highest BCUT2D eigenvalue weighted by Gasteiger charge is 2.29. The van der Waals surface area contributed by atoms with E-state index in [1.807, 2.05) is 42.5 Å². The fourth-order valence-corrected chi connectivity index (χ4v) is 4.86. The lowest BCUT2D eigenvalue weighted by Gasteiger charge is -2.34. The van der Waals surface area contributed by atoms with E-state index in [0.717, 1.165) is 53.9 Å². The van der Waals surface area contributed by atoms with E-state index < -0.39 is 6.09 Å². The molecule has 2 amide bonds. The summed E-state index contributed by atoms with van der Waals surface area (Å²) in [5, 5.41) is 2.74. The number of hydrogen-bond donors (Lipinski definition) is 1. The summed E-state index contributed by atoms with van der Waals surface area (Å²) in [7, 11) is 2.13. The van der Waals surface area contributed by atoms with Crippen molar-refractivity contribution in [2.75, 3.05) is 56.6 Å². The van der Waals surface area contributed by atoms with Crippen molar-refractivity contribution in [3.05, 3.63) is 42.5 Å². The summed E-state index contributed by atoms with van der Waals surface area (Å²) in [4.78, 5) is 33.8. The van der Waals surface area contributed by atoms with Gasteiger partial charge >= 0.3 is 6.09 Å². The number of fused-ring (bicyclic) bond motifs is 2. The van der Waals surface area contributed by atoms with Crippen LogP contribution in [0, 0.1) is 0 Å². The minimum Gasteiger partial charge on any atom is -0.450 e. The van der Waals surface area contributed by atoms with Crippen LogP contribution in [0.25, 0.3) is 0 Å². The zero-order valence-electron chi connectivity index (χ0n) is 18.8. The van der Waals surface area contributed by atoms with E-state index in [4.69, 9.17) is 4.74 Å². The Balaban J connectivity index is 0.00000193. The van der Waals surface area contributed by atoms with E-state index in [2.05, 4.69) is 22.2 Å². The van der Waals surface area contributed by atoms with Crippen molar-refractivity contribution in [1.82, 2.24) is 9.80 Å². The van der Waals surface area contributed by atoms with Gasteiger partial charge in [0.25, 0.3) is 0 Å². The number of carbonyl (C=O) groups excluding carboxylic acids is 2. The first-order chi connectivity index (χ1) is 15.0. The Bertz CT molecular complexity index is 970. The standard InChI is InChI=1S/C23H28N4O3S.2ClH/c1-3-30-23(29)24-17-8-9-21-19(16-17)27(18-6-4-5-7-20(18)31-21)22(28)10-11-26-14-12-25(2)13-15-26;;/h4-9,16H,3,10-15H2,1-2H3,(H,24,29);2*1H. The molecular formula is C23H30Cl2N4O3S. The van der Waals surface area contributed by atoms with Crippen LogP contribution in [-0.2, 0) is 9.53 Å². The summed E-state index contributed by atoms with van der Waals surface area (Å²) in [6.45, 7) is 6.85. The summed E-state index contributed by atoms with van der Waals surface area (Å²) in [5.41, 5.74) is 2.28. The highest BCUT2D eigenvalue weighted by molar-refractivity contribution is 7.99. The molecule has 0 aromatic heterocycles. The monoisotopic (exact) mass is 512 g/mol. The Hall–Kier alpha value is -1.97. The van der Waals surface area contributed by atoms with Crippen LogP contribution in [0.1, 0.15) is 13.3 Å². The van der Waals surface area contributed by atoms with Crippen LogP contribution in [0.2, 0.25) is 0 Å². The lowest BCUT2D eigenvalue weighted by molar-refractivity contribution is -0.118. The zero-order valence-corrected chi connectivity index (χ0v) is 21.2. The molecule has 0 unspecified atom stereocenters. The normalized spacial score (nSPS) is 15.4. The van der Waals surface area contributed by atoms with Crippen LogP contribution in [0.3, 0.4) is 0 Å². The van der Waals surface area contributed by atoms with Crippen LogP contribution >= 0.6 is 36.6 Å². The first kappa shape index (κ1) is 27.3. The number of para-hydroxylation sites is 1. The maximum Gasteiger partial charge on any atom is 0.411 e. The van der Waals surface area contributed by atoms with Gasteiger partial charge in [-0.15, -0.1) is 24.8 Å². The highest BCUT2D eigenvalue weighted by Crippen LogP contribution is 2.49. The minimum atomic E-state index is -0.501. The van der Waals surface area contributed by atoms with Crippen molar-refractivity contribution in [2.24, 2.45) is 0 Å². The van der Waals surface area contributed by atoms with Gasteiger partial charge in [-0.3, -0.25) is 15.0 Å². The molecule has 2 aliphatic rings. The third-order valence-corrected chi connectivity index (χ3v) is 6.67. The molecule has 2 heterocycles. The predicted octanol–water partition coefficient (Wildman–Crippen LogP) is 4.87. The maximum atomic E-state index is 13.4. The average molecular weight is 513 g/mol. The van der Waals surface area contributed by atoms with Crippen LogP contribution in [0.5, 0.6) is 0 Å². The van der Waals surface area contributed by atoms with Crippen LogP contribution in [-0.4, -0.2) is 68.2 Å². The first-order valence-corrected chi connectivity index (χ1v) is 11.5. The number of ether oxygens (including phenoxy) is 1. The predicted molar refractivity (Wildman–Crippen MR) is 138 cm³/mol. The number of halogens is 2. The topological polar surface area (TPSA) is 65.1 Å². The molecule has 10 heteroatoms. The molecule has 1 fully saturated rings. The molecule has 2 aliphatic heterocycles. The van der Waals surface area contributed by atoms with Gasteiger partial charge < -0.3 is 14.5 Å². The van der Waals surface area contributed by atoms with Gasteiger partial charge in [-0.25, -0.2) is 4.79 Å². The van der Waals surface area contributed by atoms with E-state index in [0.29, 0.717) is 18.7 Å². The van der Waals surface area contributed by atoms with Crippen molar-refractivity contribution in [2.45, 2.75) is 23.1 Å². The van der Waals surface area contributed by atoms with Crippen molar-refractivity contribution in [3.63, 3.8) is 0 Å². The Morgan fingerprint density at radius 1 is 1.00 bits per heavy atom. The summed E-state index contributed by atoms with van der Waals surface area (Å²) in [6.07, 6.45) is -0.0585. The number of benzene rings is 2. The minimum absolute atomic E-state index is 0. The smallest absolute Gasteiger partial charge is 0.411 e. The van der Waals surface area contributed by atoms with Crippen molar-refractivity contribution in [3.8, 4) is 0 Å². The molecule has 0 atom stereocenters.